The summed E-state index contributed by atoms with van der Waals surface area (Å²) in [6.07, 6.45) is 2.24. The molecular weight excluding hydrogens is 362 g/mol. The predicted octanol–water partition coefficient (Wildman–Crippen LogP) is 0.985. The quantitative estimate of drug-likeness (QED) is 0.729. The van der Waals surface area contributed by atoms with Crippen LogP contribution in [-0.2, 0) is 7.05 Å². The number of thioether (sulfide) groups is 1. The molecule has 2 heterocycles. The van der Waals surface area contributed by atoms with Crippen LogP contribution in [0.25, 0.3) is 11.6 Å². The number of carbonyl (C=O) groups excluding carboxylic acids is 1. The molecule has 0 fully saturated rings. The molecule has 3 N–H and O–H groups in total. The third kappa shape index (κ3) is 4.68. The maximum absolute atomic E-state index is 12.5. The van der Waals surface area contributed by atoms with Gasteiger partial charge in [-0.3, -0.25) is 15.4 Å². The molecule has 2 amide bonds. The van der Waals surface area contributed by atoms with Gasteiger partial charge in [-0.05, 0) is 29.3 Å². The molecule has 1 aromatic heterocycles. The van der Waals surface area contributed by atoms with Gasteiger partial charge < -0.3 is 5.32 Å². The van der Waals surface area contributed by atoms with Gasteiger partial charge in [0.1, 0.15) is 17.2 Å². The zero-order valence-electron chi connectivity index (χ0n) is 15.6. The van der Waals surface area contributed by atoms with E-state index >= 15 is 0 Å². The molecule has 1 aliphatic heterocycles. The van der Waals surface area contributed by atoms with E-state index in [4.69, 9.17) is 0 Å². The second-order valence-corrected chi connectivity index (χ2v) is 7.64. The number of hydrogen-bond acceptors (Lipinski definition) is 6. The second-order valence-electron chi connectivity index (χ2n) is 6.64. The number of nitrogens with one attached hydrogen (secondary N) is 3. The molecule has 0 saturated heterocycles. The number of benzene rings is 1. The molecule has 0 bridgehead atoms. The summed E-state index contributed by atoms with van der Waals surface area (Å²) < 4.78 is 1.67. The lowest BCUT2D eigenvalue weighted by molar-refractivity contribution is 0.238. The van der Waals surface area contributed by atoms with Crippen LogP contribution in [0.5, 0.6) is 0 Å². The van der Waals surface area contributed by atoms with Crippen LogP contribution in [0, 0.1) is 5.92 Å². The first-order chi connectivity index (χ1) is 12.9. The van der Waals surface area contributed by atoms with E-state index in [1.54, 1.807) is 4.68 Å². The van der Waals surface area contributed by atoms with Crippen molar-refractivity contribution >= 4 is 34.6 Å². The Kier molecular flexibility index (Phi) is 5.80. The molecule has 142 valence electrons. The van der Waals surface area contributed by atoms with Gasteiger partial charge in [-0.2, -0.15) is 5.10 Å². The summed E-state index contributed by atoms with van der Waals surface area (Å²) in [5, 5.41) is 17.2. The molecule has 0 spiro atoms. The van der Waals surface area contributed by atoms with Crippen LogP contribution in [0.3, 0.4) is 0 Å². The van der Waals surface area contributed by atoms with Gasteiger partial charge in [0, 0.05) is 12.3 Å². The number of urea groups is 1. The molecule has 0 saturated carbocycles. The summed E-state index contributed by atoms with van der Waals surface area (Å²) >= 11 is 1.36. The summed E-state index contributed by atoms with van der Waals surface area (Å²) in [5.74, 6) is 1.11. The van der Waals surface area contributed by atoms with Gasteiger partial charge in [-0.15, -0.1) is 5.10 Å². The Hall–Kier alpha value is -2.81. The Balaban J connectivity index is 1.67. The number of nitrogens with zero attached hydrogens (tertiary/aromatic N) is 4. The topological polar surface area (TPSA) is 96.2 Å². The zero-order chi connectivity index (χ0) is 19.4. The third-order valence-corrected chi connectivity index (χ3v) is 4.91. The number of carbonyl (C=O) groups is 1. The van der Waals surface area contributed by atoms with Crippen LogP contribution in [0.15, 0.2) is 35.7 Å². The summed E-state index contributed by atoms with van der Waals surface area (Å²) in [6, 6.07) is 7.20. The molecule has 8 nitrogen and oxygen atoms in total. The average Bonchev–Trinajstić information content (AvgIpc) is 3.23. The Morgan fingerprint density at radius 2 is 2.15 bits per heavy atom. The van der Waals surface area contributed by atoms with Crippen LogP contribution in [-0.4, -0.2) is 26.0 Å². The fourth-order valence-corrected chi connectivity index (χ4v) is 3.60. The Bertz CT molecular complexity index is 966. The first kappa shape index (κ1) is 19.0. The van der Waals surface area contributed by atoms with E-state index in [1.807, 2.05) is 31.3 Å². The minimum atomic E-state index is -0.333. The van der Waals surface area contributed by atoms with Crippen LogP contribution >= 0.6 is 11.8 Å². The van der Waals surface area contributed by atoms with E-state index in [1.165, 1.54) is 18.1 Å². The van der Waals surface area contributed by atoms with Crippen molar-refractivity contribution in [3.05, 3.63) is 46.9 Å². The maximum atomic E-state index is 12.5. The Labute approximate surface area is 161 Å². The average molecular weight is 385 g/mol. The minimum absolute atomic E-state index is 0.235. The highest BCUT2D eigenvalue weighted by Gasteiger charge is 2.22. The van der Waals surface area contributed by atoms with E-state index in [0.717, 1.165) is 27.7 Å². The highest BCUT2D eigenvalue weighted by molar-refractivity contribution is 8.21. The van der Waals surface area contributed by atoms with Crippen molar-refractivity contribution in [2.75, 3.05) is 0 Å². The summed E-state index contributed by atoms with van der Waals surface area (Å²) in [6.45, 7) is 8.21. The van der Waals surface area contributed by atoms with Crippen molar-refractivity contribution in [2.45, 2.75) is 26.3 Å². The van der Waals surface area contributed by atoms with Crippen molar-refractivity contribution in [1.82, 2.24) is 30.8 Å². The summed E-state index contributed by atoms with van der Waals surface area (Å²) in [5.41, 5.74) is 2.95. The first-order valence-electron chi connectivity index (χ1n) is 8.65. The predicted molar refractivity (Wildman–Crippen MR) is 108 cm³/mol. The third-order valence-electron chi connectivity index (χ3n) is 4.01. The fraction of sp³-hybridized carbons (Fsp3) is 0.333. The van der Waals surface area contributed by atoms with Crippen molar-refractivity contribution in [3.8, 4) is 0 Å². The van der Waals surface area contributed by atoms with E-state index in [-0.39, 0.29) is 12.1 Å². The smallest absolute Gasteiger partial charge is 0.321 e. The van der Waals surface area contributed by atoms with Gasteiger partial charge in [0.05, 0.1) is 6.04 Å². The monoisotopic (exact) mass is 385 g/mol. The first-order valence-corrected chi connectivity index (χ1v) is 9.47. The molecule has 2 aromatic rings. The molecule has 27 heavy (non-hydrogen) atoms. The number of amides is 2. The number of hydrogen-bond donors (Lipinski definition) is 3. The Morgan fingerprint density at radius 1 is 1.37 bits per heavy atom. The highest BCUT2D eigenvalue weighted by atomic mass is 32.2. The van der Waals surface area contributed by atoms with Crippen molar-refractivity contribution in [2.24, 2.45) is 18.1 Å². The van der Waals surface area contributed by atoms with Crippen LogP contribution in [0.4, 0.5) is 4.79 Å². The minimum Gasteiger partial charge on any atom is -0.328 e. The lowest BCUT2D eigenvalue weighted by atomic mass is 10.0. The van der Waals surface area contributed by atoms with E-state index in [9.17, 15) is 4.79 Å². The van der Waals surface area contributed by atoms with E-state index < -0.39 is 0 Å². The van der Waals surface area contributed by atoms with Crippen LogP contribution in [0.2, 0.25) is 0 Å². The van der Waals surface area contributed by atoms with Crippen molar-refractivity contribution in [1.29, 1.82) is 0 Å². The van der Waals surface area contributed by atoms with Gasteiger partial charge in [0.2, 0.25) is 0 Å². The summed E-state index contributed by atoms with van der Waals surface area (Å²) in [4.78, 5) is 16.8. The lowest BCUT2D eigenvalue weighted by Gasteiger charge is -2.19. The molecular formula is C18H23N7OS. The number of rotatable bonds is 4. The molecule has 0 radical (unpaired) electrons. The van der Waals surface area contributed by atoms with Crippen molar-refractivity contribution in [3.63, 3.8) is 0 Å². The molecule has 0 aliphatic carbocycles. The van der Waals surface area contributed by atoms with Crippen molar-refractivity contribution < 1.29 is 4.79 Å². The lowest BCUT2D eigenvalue weighted by Crippen LogP contribution is -2.41. The Morgan fingerprint density at radius 3 is 2.81 bits per heavy atom. The number of amidine groups is 1. The van der Waals surface area contributed by atoms with Gasteiger partial charge in [0.25, 0.3) is 0 Å². The normalized spacial score (nSPS) is 16.7. The number of aryl methyl sites for hydroxylation is 1. The zero-order valence-corrected chi connectivity index (χ0v) is 16.4. The SMILES string of the molecule is C=c1ccccc1=C1NN=C(NC(=O)NC(CC(C)C)c2ncnn2C)S1. The number of hydrazone groups is 1. The fourth-order valence-electron chi connectivity index (χ4n) is 2.77. The largest absolute Gasteiger partial charge is 0.328 e. The molecule has 1 aliphatic rings. The highest BCUT2D eigenvalue weighted by Crippen LogP contribution is 2.20. The van der Waals surface area contributed by atoms with Crippen LogP contribution in [0.1, 0.15) is 32.1 Å². The molecule has 1 atom stereocenters. The van der Waals surface area contributed by atoms with E-state index in [2.05, 4.69) is 51.7 Å². The van der Waals surface area contributed by atoms with E-state index in [0.29, 0.717) is 11.1 Å². The van der Waals surface area contributed by atoms with Gasteiger partial charge in [-0.1, -0.05) is 44.7 Å². The molecule has 1 unspecified atom stereocenters. The van der Waals surface area contributed by atoms with Gasteiger partial charge >= 0.3 is 6.03 Å². The van der Waals surface area contributed by atoms with Gasteiger partial charge in [0.15, 0.2) is 5.17 Å². The maximum Gasteiger partial charge on any atom is 0.321 e. The number of aromatic nitrogens is 3. The summed E-state index contributed by atoms with van der Waals surface area (Å²) in [7, 11) is 1.81. The molecule has 3 rings (SSSR count). The van der Waals surface area contributed by atoms with Crippen LogP contribution < -0.4 is 26.5 Å². The second kappa shape index (κ2) is 8.26. The molecule has 1 aromatic carbocycles. The van der Waals surface area contributed by atoms with Gasteiger partial charge in [-0.25, -0.2) is 9.78 Å². The standard InChI is InChI=1S/C18H23N7OS/c1-11(2)9-14(15-19-10-20-25(15)4)21-17(26)22-18-24-23-16(27-18)13-8-6-5-7-12(13)3/h5-8,10-11,14,23H,3,9H2,1-2,4H3,(H2,21,22,24,26). The molecule has 9 heteroatoms.